The number of piperidine rings is 1. The average molecular weight is 355 g/mol. The van der Waals surface area contributed by atoms with Crippen LogP contribution in [0, 0.1) is 5.82 Å². The minimum atomic E-state index is -0.264. The van der Waals surface area contributed by atoms with Gasteiger partial charge in [0.25, 0.3) is 0 Å². The smallest absolute Gasteiger partial charge is 0.173 e. The molecule has 0 spiro atoms. The molecule has 1 heterocycles. The highest BCUT2D eigenvalue weighted by Gasteiger charge is 2.29. The molecule has 0 aromatic heterocycles. The Morgan fingerprint density at radius 3 is 2.71 bits per heavy atom. The Hall–Kier alpha value is -1.24. The van der Waals surface area contributed by atoms with Crippen molar-refractivity contribution in [2.45, 2.75) is 38.8 Å². The minimum Gasteiger partial charge on any atom is -0.383 e. The molecule has 1 aliphatic rings. The fourth-order valence-corrected chi connectivity index (χ4v) is 3.62. The summed E-state index contributed by atoms with van der Waals surface area (Å²) < 4.78 is 18.6. The van der Waals surface area contributed by atoms with Crippen LogP contribution in [0.5, 0.6) is 0 Å². The lowest BCUT2D eigenvalue weighted by atomic mass is 10.0. The van der Waals surface area contributed by atoms with Gasteiger partial charge in [0, 0.05) is 38.2 Å². The Bertz CT molecular complexity index is 533. The molecule has 0 unspecified atom stereocenters. The maximum Gasteiger partial charge on any atom is 0.173 e. The predicted molar refractivity (Wildman–Crippen MR) is 100 cm³/mol. The Balaban J connectivity index is 2.00. The second-order valence-corrected chi connectivity index (χ2v) is 7.06. The van der Waals surface area contributed by atoms with E-state index in [2.05, 4.69) is 24.1 Å². The fourth-order valence-electron chi connectivity index (χ4n) is 3.26. The van der Waals surface area contributed by atoms with Crippen LogP contribution in [0.25, 0.3) is 0 Å². The molecule has 6 heteroatoms. The fraction of sp³-hybridized carbons (Fsp3) is 0.611. The van der Waals surface area contributed by atoms with Gasteiger partial charge in [0.15, 0.2) is 5.11 Å². The number of hydrogen-bond donors (Lipinski definition) is 2. The molecule has 134 valence electrons. The third-order valence-electron chi connectivity index (χ3n) is 4.73. The van der Waals surface area contributed by atoms with Crippen LogP contribution in [0.2, 0.25) is 0 Å². The number of likely N-dealkylation sites (tertiary alicyclic amines) is 1. The number of ether oxygens (including phenoxy) is 1. The van der Waals surface area contributed by atoms with Gasteiger partial charge in [-0.15, -0.1) is 0 Å². The Morgan fingerprint density at radius 2 is 2.12 bits per heavy atom. The first kappa shape index (κ1) is 19.1. The van der Waals surface area contributed by atoms with Gasteiger partial charge in [-0.25, -0.2) is 4.39 Å². The normalized spacial score (nSPS) is 20.9. The summed E-state index contributed by atoms with van der Waals surface area (Å²) in [6.07, 6.45) is 2.23. The van der Waals surface area contributed by atoms with Gasteiger partial charge in [0.2, 0.25) is 0 Å². The molecule has 0 bridgehead atoms. The molecule has 1 aromatic rings. The van der Waals surface area contributed by atoms with E-state index in [1.54, 1.807) is 18.1 Å². The third kappa shape index (κ3) is 5.40. The number of hydrogen-bond acceptors (Lipinski definition) is 2. The van der Waals surface area contributed by atoms with Gasteiger partial charge < -0.3 is 19.9 Å². The van der Waals surface area contributed by atoms with Gasteiger partial charge in [0.1, 0.15) is 5.82 Å². The van der Waals surface area contributed by atoms with Crippen LogP contribution in [0.15, 0.2) is 24.3 Å². The second-order valence-electron chi connectivity index (χ2n) is 6.67. The summed E-state index contributed by atoms with van der Waals surface area (Å²) in [4.78, 5) is 3.86. The molecule has 1 saturated heterocycles. The van der Waals surface area contributed by atoms with Crippen LogP contribution < -0.4 is 10.2 Å². The van der Waals surface area contributed by atoms with Crippen molar-refractivity contribution in [1.29, 1.82) is 0 Å². The van der Waals surface area contributed by atoms with E-state index in [9.17, 15) is 4.39 Å². The molecule has 1 fully saturated rings. The average Bonchev–Trinajstić information content (AvgIpc) is 2.55. The van der Waals surface area contributed by atoms with Gasteiger partial charge in [-0.1, -0.05) is 6.07 Å². The number of rotatable bonds is 6. The number of methoxy groups -OCH3 is 1. The van der Waals surface area contributed by atoms with Gasteiger partial charge in [-0.2, -0.15) is 0 Å². The number of nitrogens with zero attached hydrogens (tertiary/aromatic N) is 1. The summed E-state index contributed by atoms with van der Waals surface area (Å²) in [6, 6.07) is 7.49. The second kappa shape index (κ2) is 9.30. The monoisotopic (exact) mass is 354 g/mol. The van der Waals surface area contributed by atoms with Crippen molar-refractivity contribution in [2.75, 3.05) is 38.7 Å². The van der Waals surface area contributed by atoms with E-state index in [1.165, 1.54) is 12.1 Å². The lowest BCUT2D eigenvalue weighted by Gasteiger charge is -2.39. The molecule has 1 aromatic carbocycles. The zero-order valence-electron chi connectivity index (χ0n) is 14.8. The van der Waals surface area contributed by atoms with Crippen LogP contribution in [0.1, 0.15) is 26.7 Å². The number of quaternary nitrogens is 1. The molecule has 2 rings (SSSR count). The molecule has 0 saturated carbocycles. The first-order valence-electron chi connectivity index (χ1n) is 8.68. The van der Waals surface area contributed by atoms with Crippen molar-refractivity contribution in [3.05, 3.63) is 30.1 Å². The van der Waals surface area contributed by atoms with Crippen molar-refractivity contribution in [3.63, 3.8) is 0 Å². The SMILES string of the molecule is COCCN(C(=S)Nc1cccc(F)c1)C1CC[NH+](C(C)C)CC1. The highest BCUT2D eigenvalue weighted by atomic mass is 32.1. The van der Waals surface area contributed by atoms with Crippen LogP contribution in [-0.2, 0) is 4.74 Å². The van der Waals surface area contributed by atoms with E-state index in [1.807, 2.05) is 6.07 Å². The summed E-state index contributed by atoms with van der Waals surface area (Å²) >= 11 is 5.61. The summed E-state index contributed by atoms with van der Waals surface area (Å²) in [7, 11) is 1.70. The summed E-state index contributed by atoms with van der Waals surface area (Å²) in [5.74, 6) is -0.264. The number of thiocarbonyl (C=S) groups is 1. The maximum absolute atomic E-state index is 13.4. The number of nitrogens with one attached hydrogen (secondary N) is 2. The highest BCUT2D eigenvalue weighted by molar-refractivity contribution is 7.80. The Morgan fingerprint density at radius 1 is 1.42 bits per heavy atom. The molecule has 0 radical (unpaired) electrons. The van der Waals surface area contributed by atoms with E-state index in [4.69, 9.17) is 17.0 Å². The van der Waals surface area contributed by atoms with E-state index in [0.29, 0.717) is 29.5 Å². The van der Waals surface area contributed by atoms with Crippen LogP contribution in [-0.4, -0.2) is 55.4 Å². The molecule has 0 aliphatic carbocycles. The van der Waals surface area contributed by atoms with Crippen LogP contribution >= 0.6 is 12.2 Å². The zero-order chi connectivity index (χ0) is 17.5. The van der Waals surface area contributed by atoms with Crippen molar-refractivity contribution < 1.29 is 14.0 Å². The molecular formula is C18H29FN3OS+. The van der Waals surface area contributed by atoms with E-state index >= 15 is 0 Å². The first-order valence-corrected chi connectivity index (χ1v) is 9.08. The van der Waals surface area contributed by atoms with E-state index in [0.717, 1.165) is 32.5 Å². The highest BCUT2D eigenvalue weighted by Crippen LogP contribution is 2.15. The standard InChI is InChI=1S/C18H28FN3OS/c1-14(2)21-9-7-17(8-10-21)22(11-12-23-3)18(24)20-16-6-4-5-15(19)13-16/h4-6,13-14,17H,7-12H2,1-3H3,(H,20,24)/p+1. The molecule has 4 nitrogen and oxygen atoms in total. The first-order chi connectivity index (χ1) is 11.5. The predicted octanol–water partition coefficient (Wildman–Crippen LogP) is 1.93. The lowest BCUT2D eigenvalue weighted by molar-refractivity contribution is -0.926. The largest absolute Gasteiger partial charge is 0.383 e. The molecule has 24 heavy (non-hydrogen) atoms. The van der Waals surface area contributed by atoms with Crippen molar-refractivity contribution >= 4 is 23.0 Å². The number of anilines is 1. The maximum atomic E-state index is 13.4. The topological polar surface area (TPSA) is 28.9 Å². The van der Waals surface area contributed by atoms with Crippen molar-refractivity contribution in [3.8, 4) is 0 Å². The third-order valence-corrected chi connectivity index (χ3v) is 5.06. The summed E-state index contributed by atoms with van der Waals surface area (Å²) in [5, 5.41) is 3.83. The number of benzene rings is 1. The van der Waals surface area contributed by atoms with Crippen molar-refractivity contribution in [2.24, 2.45) is 0 Å². The lowest BCUT2D eigenvalue weighted by Crippen LogP contribution is -3.16. The van der Waals surface area contributed by atoms with Crippen molar-refractivity contribution in [1.82, 2.24) is 4.90 Å². The van der Waals surface area contributed by atoms with Crippen LogP contribution in [0.3, 0.4) is 0 Å². The Labute approximate surface area is 150 Å². The van der Waals surface area contributed by atoms with E-state index < -0.39 is 0 Å². The molecule has 1 aliphatic heterocycles. The number of halogens is 1. The minimum absolute atomic E-state index is 0.264. The molecule has 0 amide bonds. The Kier molecular flexibility index (Phi) is 7.40. The molecule has 0 atom stereocenters. The summed E-state index contributed by atoms with van der Waals surface area (Å²) in [5.41, 5.74) is 0.688. The van der Waals surface area contributed by atoms with Gasteiger partial charge in [-0.3, -0.25) is 0 Å². The van der Waals surface area contributed by atoms with Gasteiger partial charge >= 0.3 is 0 Å². The van der Waals surface area contributed by atoms with Crippen LogP contribution in [0.4, 0.5) is 10.1 Å². The quantitative estimate of drug-likeness (QED) is 0.764. The van der Waals surface area contributed by atoms with Gasteiger partial charge in [-0.05, 0) is 44.3 Å². The van der Waals surface area contributed by atoms with E-state index in [-0.39, 0.29) is 5.82 Å². The summed E-state index contributed by atoms with van der Waals surface area (Å²) in [6.45, 7) is 8.24. The zero-order valence-corrected chi connectivity index (χ0v) is 15.7. The molecular weight excluding hydrogens is 325 g/mol. The molecule has 2 N–H and O–H groups in total. The van der Waals surface area contributed by atoms with Gasteiger partial charge in [0.05, 0.1) is 25.7 Å².